The number of nitrogens with zero attached hydrogens (tertiary/aromatic N) is 4. The van der Waals surface area contributed by atoms with E-state index in [4.69, 9.17) is 5.10 Å². The molecule has 1 aromatic heterocycles. The van der Waals surface area contributed by atoms with Crippen LogP contribution in [0.1, 0.15) is 36.4 Å². The van der Waals surface area contributed by atoms with Crippen LogP contribution in [0, 0.1) is 5.92 Å². The van der Waals surface area contributed by atoms with Gasteiger partial charge in [-0.15, -0.1) is 0 Å². The molecular formula is C28H34F3N5O. The minimum atomic E-state index is -4.31. The van der Waals surface area contributed by atoms with Crippen LogP contribution in [0.25, 0.3) is 5.69 Å². The van der Waals surface area contributed by atoms with Crippen LogP contribution in [0.5, 0.6) is 0 Å². The summed E-state index contributed by atoms with van der Waals surface area (Å²) in [5.74, 6) is 0.403. The third kappa shape index (κ3) is 7.66. The summed E-state index contributed by atoms with van der Waals surface area (Å²) in [6, 6.07) is 17.3. The number of amides is 1. The zero-order valence-electron chi connectivity index (χ0n) is 21.3. The molecule has 1 fully saturated rings. The monoisotopic (exact) mass is 513 g/mol. The van der Waals surface area contributed by atoms with Gasteiger partial charge in [0.1, 0.15) is 0 Å². The number of aromatic nitrogens is 2. The molecule has 2 aromatic carbocycles. The summed E-state index contributed by atoms with van der Waals surface area (Å²) in [5, 5.41) is 7.72. The molecule has 0 unspecified atom stereocenters. The van der Waals surface area contributed by atoms with Crippen molar-refractivity contribution in [3.8, 4) is 5.69 Å². The lowest BCUT2D eigenvalue weighted by Gasteiger charge is -2.34. The molecule has 1 aliphatic rings. The normalized spacial score (nSPS) is 15.3. The van der Waals surface area contributed by atoms with E-state index < -0.39 is 11.7 Å². The quantitative estimate of drug-likeness (QED) is 0.457. The molecule has 1 amide bonds. The van der Waals surface area contributed by atoms with Gasteiger partial charge in [-0.25, -0.2) is 4.68 Å². The van der Waals surface area contributed by atoms with Crippen molar-refractivity contribution < 1.29 is 18.0 Å². The van der Waals surface area contributed by atoms with E-state index in [1.165, 1.54) is 0 Å². The fraction of sp³-hybridized carbons (Fsp3) is 0.429. The van der Waals surface area contributed by atoms with Crippen molar-refractivity contribution in [3.05, 3.63) is 83.2 Å². The molecule has 1 saturated heterocycles. The fourth-order valence-electron chi connectivity index (χ4n) is 4.51. The molecule has 0 bridgehead atoms. The first-order valence-electron chi connectivity index (χ1n) is 12.7. The molecule has 0 radical (unpaired) electrons. The molecule has 198 valence electrons. The molecule has 2 heterocycles. The standard InChI is InChI=1S/C28H34F3N5O/c1-21(2)16-26-17-24(33-36(26)25-6-4-3-5-7-25)18-27(37)32-20-35-14-12-34(13-15-35)19-22-8-10-23(11-9-22)28(29,30)31/h3-11,17,21H,12-16,18-20H2,1-2H3,(H,32,37). The molecule has 0 saturated carbocycles. The number of carbonyl (C=O) groups is 1. The Labute approximate surface area is 216 Å². The molecule has 3 aromatic rings. The van der Waals surface area contributed by atoms with E-state index in [1.807, 2.05) is 41.1 Å². The molecule has 9 heteroatoms. The Morgan fingerprint density at radius 3 is 2.24 bits per heavy atom. The summed E-state index contributed by atoms with van der Waals surface area (Å²) in [6.07, 6.45) is -3.22. The number of hydrogen-bond acceptors (Lipinski definition) is 4. The summed E-state index contributed by atoms with van der Waals surface area (Å²) < 4.78 is 40.2. The summed E-state index contributed by atoms with van der Waals surface area (Å²) in [7, 11) is 0. The number of carbonyl (C=O) groups excluding carboxylic acids is 1. The third-order valence-electron chi connectivity index (χ3n) is 6.45. The highest BCUT2D eigenvalue weighted by Gasteiger charge is 2.30. The topological polar surface area (TPSA) is 53.4 Å². The van der Waals surface area contributed by atoms with Crippen molar-refractivity contribution in [2.45, 2.75) is 39.4 Å². The summed E-state index contributed by atoms with van der Waals surface area (Å²) in [6.45, 7) is 8.54. The lowest BCUT2D eigenvalue weighted by atomic mass is 10.1. The van der Waals surface area contributed by atoms with Crippen LogP contribution in [0.3, 0.4) is 0 Å². The van der Waals surface area contributed by atoms with Crippen molar-refractivity contribution in [3.63, 3.8) is 0 Å². The highest BCUT2D eigenvalue weighted by Crippen LogP contribution is 2.29. The van der Waals surface area contributed by atoms with Crippen molar-refractivity contribution in [1.29, 1.82) is 0 Å². The number of hydrogen-bond donors (Lipinski definition) is 1. The van der Waals surface area contributed by atoms with Gasteiger partial charge in [0.15, 0.2) is 0 Å². The Hall–Kier alpha value is -3.17. The molecule has 0 spiro atoms. The molecule has 1 aliphatic heterocycles. The van der Waals surface area contributed by atoms with Crippen LogP contribution < -0.4 is 5.32 Å². The molecule has 0 aliphatic carbocycles. The van der Waals surface area contributed by atoms with Gasteiger partial charge in [0.2, 0.25) is 5.91 Å². The summed E-state index contributed by atoms with van der Waals surface area (Å²) in [5.41, 5.74) is 3.06. The van der Waals surface area contributed by atoms with Crippen LogP contribution in [-0.4, -0.2) is 58.3 Å². The maximum absolute atomic E-state index is 12.8. The molecule has 1 N–H and O–H groups in total. The predicted octanol–water partition coefficient (Wildman–Crippen LogP) is 4.52. The van der Waals surface area contributed by atoms with Gasteiger partial charge in [0.25, 0.3) is 0 Å². The first-order valence-corrected chi connectivity index (χ1v) is 12.7. The molecule has 6 nitrogen and oxygen atoms in total. The maximum atomic E-state index is 12.8. The highest BCUT2D eigenvalue weighted by atomic mass is 19.4. The Morgan fingerprint density at radius 2 is 1.62 bits per heavy atom. The summed E-state index contributed by atoms with van der Waals surface area (Å²) in [4.78, 5) is 17.1. The van der Waals surface area contributed by atoms with Crippen molar-refractivity contribution in [2.75, 3.05) is 32.8 Å². The molecule has 4 rings (SSSR count). The number of benzene rings is 2. The smallest absolute Gasteiger partial charge is 0.343 e. The number of piperazine rings is 1. The lowest BCUT2D eigenvalue weighted by Crippen LogP contribution is -2.49. The van der Waals surface area contributed by atoms with E-state index >= 15 is 0 Å². The van der Waals surface area contributed by atoms with E-state index in [0.29, 0.717) is 19.1 Å². The second kappa shape index (κ2) is 11.9. The number of halogens is 3. The number of alkyl halides is 3. The SMILES string of the molecule is CC(C)Cc1cc(CC(=O)NCN2CCN(Cc3ccc(C(F)(F)F)cc3)CC2)nn1-c1ccccc1. The Bertz CT molecular complexity index is 1150. The highest BCUT2D eigenvalue weighted by molar-refractivity contribution is 5.78. The van der Waals surface area contributed by atoms with E-state index in [1.54, 1.807) is 12.1 Å². The van der Waals surface area contributed by atoms with E-state index in [2.05, 4.69) is 29.0 Å². The first kappa shape index (κ1) is 26.9. The van der Waals surface area contributed by atoms with Crippen LogP contribution in [-0.2, 0) is 30.4 Å². The molecule has 0 atom stereocenters. The number of para-hydroxylation sites is 1. The lowest BCUT2D eigenvalue weighted by molar-refractivity contribution is -0.137. The number of rotatable bonds is 9. The average Bonchev–Trinajstić information content (AvgIpc) is 3.25. The van der Waals surface area contributed by atoms with Gasteiger partial charge in [0.05, 0.1) is 30.0 Å². The summed E-state index contributed by atoms with van der Waals surface area (Å²) >= 11 is 0. The zero-order chi connectivity index (χ0) is 26.4. The Morgan fingerprint density at radius 1 is 0.973 bits per heavy atom. The first-order chi connectivity index (χ1) is 17.7. The van der Waals surface area contributed by atoms with E-state index in [0.717, 1.165) is 67.4 Å². The van der Waals surface area contributed by atoms with Gasteiger partial charge in [0, 0.05) is 38.4 Å². The van der Waals surface area contributed by atoms with Crippen LogP contribution in [0.2, 0.25) is 0 Å². The van der Waals surface area contributed by atoms with Gasteiger partial charge in [-0.05, 0) is 48.2 Å². The van der Waals surface area contributed by atoms with E-state index in [-0.39, 0.29) is 12.3 Å². The molecule has 37 heavy (non-hydrogen) atoms. The van der Waals surface area contributed by atoms with Gasteiger partial charge in [-0.2, -0.15) is 18.3 Å². The van der Waals surface area contributed by atoms with Crippen LogP contribution in [0.15, 0.2) is 60.7 Å². The van der Waals surface area contributed by atoms with Gasteiger partial charge >= 0.3 is 6.18 Å². The van der Waals surface area contributed by atoms with Crippen LogP contribution >= 0.6 is 0 Å². The van der Waals surface area contributed by atoms with Gasteiger partial charge < -0.3 is 5.32 Å². The fourth-order valence-corrected chi connectivity index (χ4v) is 4.51. The minimum absolute atomic E-state index is 0.0685. The second-order valence-electron chi connectivity index (χ2n) is 10.00. The average molecular weight is 514 g/mol. The van der Waals surface area contributed by atoms with Crippen LogP contribution in [0.4, 0.5) is 13.2 Å². The second-order valence-corrected chi connectivity index (χ2v) is 10.00. The van der Waals surface area contributed by atoms with Crippen molar-refractivity contribution >= 4 is 5.91 Å². The number of nitrogens with one attached hydrogen (secondary N) is 1. The third-order valence-corrected chi connectivity index (χ3v) is 6.45. The predicted molar refractivity (Wildman–Crippen MR) is 137 cm³/mol. The van der Waals surface area contributed by atoms with Gasteiger partial charge in [-0.3, -0.25) is 14.6 Å². The Kier molecular flexibility index (Phi) is 8.66. The van der Waals surface area contributed by atoms with Gasteiger partial charge in [-0.1, -0.05) is 44.2 Å². The van der Waals surface area contributed by atoms with Crippen molar-refractivity contribution in [1.82, 2.24) is 24.9 Å². The van der Waals surface area contributed by atoms with E-state index in [9.17, 15) is 18.0 Å². The maximum Gasteiger partial charge on any atom is 0.416 e. The Balaban J connectivity index is 1.24. The largest absolute Gasteiger partial charge is 0.416 e. The van der Waals surface area contributed by atoms with Crippen molar-refractivity contribution in [2.24, 2.45) is 5.92 Å². The zero-order valence-corrected chi connectivity index (χ0v) is 21.3. The minimum Gasteiger partial charge on any atom is -0.343 e. The molecular weight excluding hydrogens is 479 g/mol.